The molecule has 1 aliphatic carbocycles. The molecule has 1 saturated carbocycles. The van der Waals surface area contributed by atoms with Gasteiger partial charge >= 0.3 is 5.97 Å². The molecule has 0 aliphatic heterocycles. The van der Waals surface area contributed by atoms with Crippen molar-refractivity contribution in [3.8, 4) is 0 Å². The molecule has 0 saturated heterocycles. The van der Waals surface area contributed by atoms with Gasteiger partial charge in [-0.2, -0.15) is 0 Å². The van der Waals surface area contributed by atoms with Gasteiger partial charge in [0, 0.05) is 6.04 Å². The Morgan fingerprint density at radius 1 is 1.67 bits per heavy atom. The van der Waals surface area contributed by atoms with Crippen LogP contribution in [0.3, 0.4) is 0 Å². The van der Waals surface area contributed by atoms with Gasteiger partial charge in [0.05, 0.1) is 12.0 Å². The second kappa shape index (κ2) is 1.97. The molecule has 1 fully saturated rings. The van der Waals surface area contributed by atoms with Crippen molar-refractivity contribution in [3.05, 3.63) is 0 Å². The molecule has 0 amide bonds. The zero-order chi connectivity index (χ0) is 7.02. The Bertz CT molecular complexity index is 136. The summed E-state index contributed by atoms with van der Waals surface area (Å²) in [5.74, 6) is -1.44. The quantitative estimate of drug-likeness (QED) is 0.416. The molecule has 1 unspecified atom stereocenters. The number of aliphatic carboxylic acids is 1. The smallest absolute Gasteiger partial charge is 0.308 e. The molecule has 0 bridgehead atoms. The monoisotopic (exact) mass is 131 g/mol. The van der Waals surface area contributed by atoms with E-state index in [1.54, 1.807) is 0 Å². The van der Waals surface area contributed by atoms with E-state index in [-0.39, 0.29) is 0 Å². The summed E-state index contributed by atoms with van der Waals surface area (Å²) in [6, 6.07) is -0.553. The number of aliphatic hydroxyl groups is 1. The molecule has 4 N–H and O–H groups in total. The van der Waals surface area contributed by atoms with E-state index in [2.05, 4.69) is 0 Å². The van der Waals surface area contributed by atoms with Crippen LogP contribution in [0.4, 0.5) is 0 Å². The highest BCUT2D eigenvalue weighted by Crippen LogP contribution is 2.25. The molecule has 9 heavy (non-hydrogen) atoms. The fourth-order valence-corrected chi connectivity index (χ4v) is 0.912. The molecule has 0 aromatic heterocycles. The second-order valence-corrected chi connectivity index (χ2v) is 2.33. The van der Waals surface area contributed by atoms with Gasteiger partial charge in [0.1, 0.15) is 0 Å². The van der Waals surface area contributed by atoms with E-state index in [9.17, 15) is 4.79 Å². The lowest BCUT2D eigenvalue weighted by atomic mass is 9.77. The molecule has 0 aromatic carbocycles. The number of hydrogen-bond acceptors (Lipinski definition) is 3. The molecule has 1 rings (SSSR count). The first-order valence-corrected chi connectivity index (χ1v) is 2.79. The number of aliphatic hydroxyl groups excluding tert-OH is 1. The van der Waals surface area contributed by atoms with Gasteiger partial charge in [-0.1, -0.05) is 0 Å². The van der Waals surface area contributed by atoms with Crippen molar-refractivity contribution in [1.82, 2.24) is 0 Å². The van der Waals surface area contributed by atoms with Crippen LogP contribution in [0.15, 0.2) is 0 Å². The zero-order valence-corrected chi connectivity index (χ0v) is 4.82. The van der Waals surface area contributed by atoms with Gasteiger partial charge in [0.25, 0.3) is 0 Å². The van der Waals surface area contributed by atoms with E-state index in [4.69, 9.17) is 15.9 Å². The summed E-state index contributed by atoms with van der Waals surface area (Å²) in [5.41, 5.74) is 5.24. The van der Waals surface area contributed by atoms with Gasteiger partial charge in [-0.25, -0.2) is 0 Å². The van der Waals surface area contributed by atoms with Crippen LogP contribution in [-0.4, -0.2) is 28.3 Å². The summed E-state index contributed by atoms with van der Waals surface area (Å²) < 4.78 is 0. The van der Waals surface area contributed by atoms with Crippen LogP contribution in [0.5, 0.6) is 0 Å². The van der Waals surface area contributed by atoms with Crippen molar-refractivity contribution in [2.45, 2.75) is 18.6 Å². The van der Waals surface area contributed by atoms with Gasteiger partial charge in [0.15, 0.2) is 0 Å². The van der Waals surface area contributed by atoms with Gasteiger partial charge in [-0.15, -0.1) is 0 Å². The number of nitrogens with two attached hydrogens (primary N) is 1. The Balaban J connectivity index is 2.42. The minimum Gasteiger partial charge on any atom is -0.481 e. The molecule has 3 atom stereocenters. The first-order valence-electron chi connectivity index (χ1n) is 2.79. The van der Waals surface area contributed by atoms with Crippen molar-refractivity contribution in [2.24, 2.45) is 11.7 Å². The SMILES string of the molecule is N[C@@H]1C(C(=O)O)C[C@@H]1O. The highest BCUT2D eigenvalue weighted by atomic mass is 16.4. The third-order valence-electron chi connectivity index (χ3n) is 1.72. The molecular weight excluding hydrogens is 122 g/mol. The zero-order valence-electron chi connectivity index (χ0n) is 4.82. The number of hydrogen-bond donors (Lipinski definition) is 3. The van der Waals surface area contributed by atoms with Gasteiger partial charge < -0.3 is 15.9 Å². The molecule has 52 valence electrons. The topological polar surface area (TPSA) is 83.6 Å². The van der Waals surface area contributed by atoms with E-state index in [1.165, 1.54) is 0 Å². The van der Waals surface area contributed by atoms with E-state index < -0.39 is 24.0 Å². The molecule has 4 nitrogen and oxygen atoms in total. The van der Waals surface area contributed by atoms with Crippen molar-refractivity contribution >= 4 is 5.97 Å². The molecule has 0 spiro atoms. The van der Waals surface area contributed by atoms with Crippen LogP contribution >= 0.6 is 0 Å². The third kappa shape index (κ3) is 0.906. The predicted octanol–water partition coefficient (Wildman–Crippen LogP) is -1.22. The highest BCUT2D eigenvalue weighted by molar-refractivity contribution is 5.72. The Hall–Kier alpha value is -0.610. The summed E-state index contributed by atoms with van der Waals surface area (Å²) in [6.07, 6.45) is -0.303. The third-order valence-corrected chi connectivity index (χ3v) is 1.72. The van der Waals surface area contributed by atoms with Crippen molar-refractivity contribution in [2.75, 3.05) is 0 Å². The van der Waals surface area contributed by atoms with E-state index in [0.29, 0.717) is 6.42 Å². The maximum absolute atomic E-state index is 10.1. The van der Waals surface area contributed by atoms with Gasteiger partial charge in [-0.05, 0) is 6.42 Å². The standard InChI is InChI=1S/C5H9NO3/c6-4-2(5(8)9)1-3(4)7/h2-4,7H,1,6H2,(H,8,9)/t2?,3-,4+/m0/s1. The van der Waals surface area contributed by atoms with Crippen LogP contribution < -0.4 is 5.73 Å². The summed E-state index contributed by atoms with van der Waals surface area (Å²) in [4.78, 5) is 10.1. The summed E-state index contributed by atoms with van der Waals surface area (Å²) in [6.45, 7) is 0. The van der Waals surface area contributed by atoms with Crippen LogP contribution in [-0.2, 0) is 4.79 Å². The predicted molar refractivity (Wildman–Crippen MR) is 29.7 cm³/mol. The molecule has 4 heteroatoms. The lowest BCUT2D eigenvalue weighted by molar-refractivity contribution is -0.150. The minimum atomic E-state index is -0.909. The fraction of sp³-hybridized carbons (Fsp3) is 0.800. The number of carboxylic acid groups (broad SMARTS) is 1. The molecule has 0 aromatic rings. The lowest BCUT2D eigenvalue weighted by Crippen LogP contribution is -2.55. The largest absolute Gasteiger partial charge is 0.481 e. The first kappa shape index (κ1) is 6.51. The maximum Gasteiger partial charge on any atom is 0.308 e. The number of rotatable bonds is 1. The Morgan fingerprint density at radius 3 is 2.33 bits per heavy atom. The highest BCUT2D eigenvalue weighted by Gasteiger charge is 2.41. The van der Waals surface area contributed by atoms with Crippen LogP contribution in [0, 0.1) is 5.92 Å². The maximum atomic E-state index is 10.1. The lowest BCUT2D eigenvalue weighted by Gasteiger charge is -2.35. The van der Waals surface area contributed by atoms with E-state index in [0.717, 1.165) is 0 Å². The van der Waals surface area contributed by atoms with Gasteiger partial charge in [-0.3, -0.25) is 4.79 Å². The molecule has 1 aliphatic rings. The molecule has 0 radical (unpaired) electrons. The Kier molecular flexibility index (Phi) is 1.42. The first-order chi connectivity index (χ1) is 4.13. The minimum absolute atomic E-state index is 0.302. The second-order valence-electron chi connectivity index (χ2n) is 2.33. The number of carbonyl (C=O) groups is 1. The molecular formula is C5H9NO3. The van der Waals surface area contributed by atoms with Crippen molar-refractivity contribution in [3.63, 3.8) is 0 Å². The van der Waals surface area contributed by atoms with Crippen LogP contribution in [0.2, 0.25) is 0 Å². The van der Waals surface area contributed by atoms with Gasteiger partial charge in [0.2, 0.25) is 0 Å². The normalized spacial score (nSPS) is 41.8. The fourth-order valence-electron chi connectivity index (χ4n) is 0.912. The average Bonchev–Trinajstić information content (AvgIpc) is 1.81. The average molecular weight is 131 g/mol. The molecule has 0 heterocycles. The van der Waals surface area contributed by atoms with E-state index in [1.807, 2.05) is 0 Å². The Morgan fingerprint density at radius 2 is 2.22 bits per heavy atom. The summed E-state index contributed by atoms with van der Waals surface area (Å²) in [5, 5.41) is 17.1. The van der Waals surface area contributed by atoms with Crippen molar-refractivity contribution in [1.29, 1.82) is 0 Å². The van der Waals surface area contributed by atoms with Crippen LogP contribution in [0.1, 0.15) is 6.42 Å². The Labute approximate surface area is 52.3 Å². The van der Waals surface area contributed by atoms with E-state index >= 15 is 0 Å². The summed E-state index contributed by atoms with van der Waals surface area (Å²) in [7, 11) is 0. The van der Waals surface area contributed by atoms with Crippen LogP contribution in [0.25, 0.3) is 0 Å². The van der Waals surface area contributed by atoms with Crippen molar-refractivity contribution < 1.29 is 15.0 Å². The number of carboxylic acids is 1. The summed E-state index contributed by atoms with van der Waals surface area (Å²) >= 11 is 0.